The van der Waals surface area contributed by atoms with Gasteiger partial charge in [-0.05, 0) is 30.0 Å². The highest BCUT2D eigenvalue weighted by Gasteiger charge is 2.18. The van der Waals surface area contributed by atoms with Crippen LogP contribution in [0.4, 0.5) is 0 Å². The number of halogens is 1. The van der Waals surface area contributed by atoms with Gasteiger partial charge in [0.25, 0.3) is 0 Å². The van der Waals surface area contributed by atoms with E-state index in [2.05, 4.69) is 15.9 Å². The molecule has 0 radical (unpaired) electrons. The van der Waals surface area contributed by atoms with Gasteiger partial charge in [0.15, 0.2) is 0 Å². The summed E-state index contributed by atoms with van der Waals surface area (Å²) in [7, 11) is 0. The molecule has 0 aliphatic rings. The van der Waals surface area contributed by atoms with Gasteiger partial charge in [0.05, 0.1) is 5.92 Å². The maximum atomic E-state index is 10.9. The van der Waals surface area contributed by atoms with Crippen molar-refractivity contribution in [2.24, 2.45) is 0 Å². The average molecular weight is 285 g/mol. The Balaban J connectivity index is 2.67. The van der Waals surface area contributed by atoms with Crippen molar-refractivity contribution < 1.29 is 9.90 Å². The zero-order valence-corrected chi connectivity index (χ0v) is 10.4. The predicted molar refractivity (Wildman–Crippen MR) is 65.6 cm³/mol. The zero-order chi connectivity index (χ0) is 11.0. The summed E-state index contributed by atoms with van der Waals surface area (Å²) in [6.07, 6.45) is 0. The summed E-state index contributed by atoms with van der Waals surface area (Å²) in [6.45, 7) is 1.71. The molecule has 0 bridgehead atoms. The second-order valence-corrected chi connectivity index (χ2v) is 5.13. The van der Waals surface area contributed by atoms with Crippen molar-refractivity contribution in [1.82, 2.24) is 0 Å². The van der Waals surface area contributed by atoms with Crippen LogP contribution in [0.3, 0.4) is 0 Å². The van der Waals surface area contributed by atoms with Crippen molar-refractivity contribution in [2.75, 3.05) is 0 Å². The highest BCUT2D eigenvalue weighted by Crippen LogP contribution is 2.36. The van der Waals surface area contributed by atoms with Crippen LogP contribution in [-0.2, 0) is 4.79 Å². The Morgan fingerprint density at radius 1 is 1.53 bits per heavy atom. The number of hydrogen-bond donors (Lipinski definition) is 1. The number of hydrogen-bond acceptors (Lipinski definition) is 2. The number of carboxylic acid groups (broad SMARTS) is 1. The standard InChI is InChI=1S/C11H9BrO2S/c1-6(11(13)14)7-5-15-9-4-2-3-8(12)10(7)9/h2-6H,1H3,(H,13,14). The molecule has 1 N–H and O–H groups in total. The first kappa shape index (κ1) is 10.6. The molecule has 0 aliphatic carbocycles. The second kappa shape index (κ2) is 3.94. The Morgan fingerprint density at radius 3 is 2.93 bits per heavy atom. The third kappa shape index (κ3) is 1.79. The van der Waals surface area contributed by atoms with E-state index in [-0.39, 0.29) is 0 Å². The molecule has 78 valence electrons. The van der Waals surface area contributed by atoms with Gasteiger partial charge in [0, 0.05) is 14.6 Å². The van der Waals surface area contributed by atoms with Crippen LogP contribution in [0.25, 0.3) is 10.1 Å². The summed E-state index contributed by atoms with van der Waals surface area (Å²) >= 11 is 5.04. The van der Waals surface area contributed by atoms with Gasteiger partial charge < -0.3 is 5.11 Å². The van der Waals surface area contributed by atoms with Gasteiger partial charge in [0.2, 0.25) is 0 Å². The zero-order valence-electron chi connectivity index (χ0n) is 8.03. The second-order valence-electron chi connectivity index (χ2n) is 3.36. The van der Waals surface area contributed by atoms with Crippen molar-refractivity contribution in [3.63, 3.8) is 0 Å². The van der Waals surface area contributed by atoms with Crippen molar-refractivity contribution in [3.8, 4) is 0 Å². The molecule has 0 aliphatic heterocycles. The molecule has 2 aromatic rings. The molecular weight excluding hydrogens is 276 g/mol. The van der Waals surface area contributed by atoms with Gasteiger partial charge in [-0.25, -0.2) is 0 Å². The molecule has 0 fully saturated rings. The van der Waals surface area contributed by atoms with Crippen LogP contribution in [0.1, 0.15) is 18.4 Å². The Labute approximate surface area is 99.7 Å². The van der Waals surface area contributed by atoms with Gasteiger partial charge in [-0.3, -0.25) is 4.79 Å². The maximum absolute atomic E-state index is 10.9. The molecule has 2 nitrogen and oxygen atoms in total. The van der Waals surface area contributed by atoms with E-state index in [1.807, 2.05) is 23.6 Å². The van der Waals surface area contributed by atoms with Crippen molar-refractivity contribution in [3.05, 3.63) is 33.6 Å². The van der Waals surface area contributed by atoms with E-state index < -0.39 is 11.9 Å². The summed E-state index contributed by atoms with van der Waals surface area (Å²) in [6, 6.07) is 5.90. The lowest BCUT2D eigenvalue weighted by molar-refractivity contribution is -0.138. The lowest BCUT2D eigenvalue weighted by atomic mass is 10.0. The monoisotopic (exact) mass is 284 g/mol. The first-order chi connectivity index (χ1) is 7.11. The molecular formula is C11H9BrO2S. The maximum Gasteiger partial charge on any atom is 0.310 e. The SMILES string of the molecule is CC(C(=O)O)c1csc2cccc(Br)c12. The molecule has 1 heterocycles. The topological polar surface area (TPSA) is 37.3 Å². The molecule has 0 amide bonds. The van der Waals surface area contributed by atoms with Gasteiger partial charge >= 0.3 is 5.97 Å². The van der Waals surface area contributed by atoms with Crippen molar-refractivity contribution >= 4 is 43.3 Å². The van der Waals surface area contributed by atoms with Gasteiger partial charge in [-0.2, -0.15) is 0 Å². The summed E-state index contributed by atoms with van der Waals surface area (Å²) in [4.78, 5) is 10.9. The lowest BCUT2D eigenvalue weighted by Gasteiger charge is -2.05. The molecule has 1 aromatic carbocycles. The van der Waals surface area contributed by atoms with Crippen LogP contribution < -0.4 is 0 Å². The first-order valence-electron chi connectivity index (χ1n) is 4.49. The van der Waals surface area contributed by atoms with E-state index in [9.17, 15) is 4.79 Å². The number of benzene rings is 1. The number of aliphatic carboxylic acids is 1. The first-order valence-corrected chi connectivity index (χ1v) is 6.17. The molecule has 0 saturated heterocycles. The summed E-state index contributed by atoms with van der Waals surface area (Å²) in [5.41, 5.74) is 0.884. The van der Waals surface area contributed by atoms with Crippen molar-refractivity contribution in [1.29, 1.82) is 0 Å². The highest BCUT2D eigenvalue weighted by molar-refractivity contribution is 9.10. The predicted octanol–water partition coefficient (Wildman–Crippen LogP) is 3.85. The Kier molecular flexibility index (Phi) is 2.80. The van der Waals surface area contributed by atoms with E-state index >= 15 is 0 Å². The third-order valence-corrected chi connectivity index (χ3v) is 4.04. The van der Waals surface area contributed by atoms with Crippen LogP contribution in [-0.4, -0.2) is 11.1 Å². The largest absolute Gasteiger partial charge is 0.481 e. The Bertz CT molecular complexity index is 518. The molecule has 0 spiro atoms. The van der Waals surface area contributed by atoms with Crippen LogP contribution >= 0.6 is 27.3 Å². The van der Waals surface area contributed by atoms with Crippen LogP contribution in [0, 0.1) is 0 Å². The van der Waals surface area contributed by atoms with Crippen molar-refractivity contribution in [2.45, 2.75) is 12.8 Å². The normalized spacial score (nSPS) is 12.9. The van der Waals surface area contributed by atoms with Gasteiger partial charge in [-0.15, -0.1) is 11.3 Å². The highest BCUT2D eigenvalue weighted by atomic mass is 79.9. The minimum Gasteiger partial charge on any atom is -0.481 e. The van der Waals surface area contributed by atoms with Crippen LogP contribution in [0.15, 0.2) is 28.1 Å². The molecule has 0 saturated carbocycles. The van der Waals surface area contributed by atoms with E-state index in [4.69, 9.17) is 5.11 Å². The fraction of sp³-hybridized carbons (Fsp3) is 0.182. The Hall–Kier alpha value is -0.870. The van der Waals surface area contributed by atoms with E-state index in [0.29, 0.717) is 0 Å². The third-order valence-electron chi connectivity index (χ3n) is 2.41. The van der Waals surface area contributed by atoms with Crippen LogP contribution in [0.5, 0.6) is 0 Å². The smallest absolute Gasteiger partial charge is 0.310 e. The van der Waals surface area contributed by atoms with E-state index in [1.54, 1.807) is 18.3 Å². The molecule has 1 unspecified atom stereocenters. The number of carboxylic acids is 1. The summed E-state index contributed by atoms with van der Waals surface area (Å²) in [5, 5.41) is 11.9. The number of fused-ring (bicyclic) bond motifs is 1. The van der Waals surface area contributed by atoms with E-state index in [1.165, 1.54) is 0 Å². The molecule has 1 atom stereocenters. The number of carbonyl (C=O) groups is 1. The molecule has 4 heteroatoms. The molecule has 2 rings (SSSR count). The van der Waals surface area contributed by atoms with Crippen LogP contribution in [0.2, 0.25) is 0 Å². The number of rotatable bonds is 2. The van der Waals surface area contributed by atoms with Gasteiger partial charge in [0.1, 0.15) is 0 Å². The van der Waals surface area contributed by atoms with Gasteiger partial charge in [-0.1, -0.05) is 22.0 Å². The number of thiophene rings is 1. The minimum absolute atomic E-state index is 0.461. The molecule has 15 heavy (non-hydrogen) atoms. The summed E-state index contributed by atoms with van der Waals surface area (Å²) in [5.74, 6) is -1.25. The summed E-state index contributed by atoms with van der Waals surface area (Å²) < 4.78 is 2.08. The fourth-order valence-corrected chi connectivity index (χ4v) is 3.33. The minimum atomic E-state index is -0.787. The van der Waals surface area contributed by atoms with E-state index in [0.717, 1.165) is 20.1 Å². The average Bonchev–Trinajstić information content (AvgIpc) is 2.61. The molecule has 1 aromatic heterocycles. The Morgan fingerprint density at radius 2 is 2.27 bits per heavy atom. The lowest BCUT2D eigenvalue weighted by Crippen LogP contribution is -2.06. The quantitative estimate of drug-likeness (QED) is 0.910. The fourth-order valence-electron chi connectivity index (χ4n) is 1.52.